The van der Waals surface area contributed by atoms with Gasteiger partial charge >= 0.3 is 17.9 Å². The number of benzene rings is 1. The van der Waals surface area contributed by atoms with Crippen molar-refractivity contribution in [2.75, 3.05) is 6.61 Å². The monoisotopic (exact) mass is 240 g/mol. The van der Waals surface area contributed by atoms with Crippen molar-refractivity contribution in [2.24, 2.45) is 0 Å². The molecule has 0 radical (unpaired) electrons. The first kappa shape index (κ1) is 12.5. The molecule has 1 rings (SSSR count). The summed E-state index contributed by atoms with van der Waals surface area (Å²) in [7, 11) is 0. The molecule has 0 bridgehead atoms. The minimum absolute atomic E-state index is 0.0187. The van der Waals surface area contributed by atoms with Gasteiger partial charge in [0.05, 0.1) is 11.1 Å². The van der Waals surface area contributed by atoms with E-state index in [-0.39, 0.29) is 11.3 Å². The molecule has 0 saturated carbocycles. The zero-order valence-electron chi connectivity index (χ0n) is 8.41. The molecule has 0 atom stereocenters. The molecule has 90 valence electrons. The quantitative estimate of drug-likeness (QED) is 0.686. The van der Waals surface area contributed by atoms with E-state index in [2.05, 4.69) is 0 Å². The second-order valence-electron chi connectivity index (χ2n) is 3.00. The van der Waals surface area contributed by atoms with Gasteiger partial charge in [0, 0.05) is 0 Å². The third-order valence-corrected chi connectivity index (χ3v) is 1.81. The summed E-state index contributed by atoms with van der Waals surface area (Å²) in [4.78, 5) is 31.7. The van der Waals surface area contributed by atoms with Crippen molar-refractivity contribution in [1.82, 2.24) is 0 Å². The second kappa shape index (κ2) is 4.97. The highest BCUT2D eigenvalue weighted by Crippen LogP contribution is 2.18. The molecule has 0 aliphatic carbocycles. The van der Waals surface area contributed by atoms with Crippen LogP contribution in [-0.4, -0.2) is 39.8 Å². The Labute approximate surface area is 94.9 Å². The fraction of sp³-hybridized carbons (Fsp3) is 0.100. The molecule has 3 N–H and O–H groups in total. The van der Waals surface area contributed by atoms with Crippen molar-refractivity contribution in [2.45, 2.75) is 0 Å². The van der Waals surface area contributed by atoms with E-state index in [1.807, 2.05) is 0 Å². The van der Waals surface area contributed by atoms with Gasteiger partial charge in [0.15, 0.2) is 6.61 Å². The van der Waals surface area contributed by atoms with E-state index in [0.717, 1.165) is 12.1 Å². The van der Waals surface area contributed by atoms with Gasteiger partial charge in [-0.3, -0.25) is 0 Å². The van der Waals surface area contributed by atoms with Gasteiger partial charge in [-0.15, -0.1) is 0 Å². The van der Waals surface area contributed by atoms with Crippen LogP contribution in [-0.2, 0) is 4.79 Å². The number of ether oxygens (including phenoxy) is 1. The smallest absolute Gasteiger partial charge is 0.341 e. The van der Waals surface area contributed by atoms with Gasteiger partial charge in [0.1, 0.15) is 5.75 Å². The fourth-order valence-electron chi connectivity index (χ4n) is 1.12. The average molecular weight is 240 g/mol. The fourth-order valence-corrected chi connectivity index (χ4v) is 1.12. The SMILES string of the molecule is O=C(O)COc1ccc(C(=O)O)c(C(=O)O)c1. The molecule has 0 saturated heterocycles. The second-order valence-corrected chi connectivity index (χ2v) is 3.00. The van der Waals surface area contributed by atoms with E-state index in [1.54, 1.807) is 0 Å². The predicted molar refractivity (Wildman–Crippen MR) is 53.5 cm³/mol. The number of carboxylic acids is 3. The summed E-state index contributed by atoms with van der Waals surface area (Å²) < 4.78 is 4.74. The Bertz CT molecular complexity index is 478. The topological polar surface area (TPSA) is 121 Å². The van der Waals surface area contributed by atoms with Crippen LogP contribution in [0, 0.1) is 0 Å². The number of carbonyl (C=O) groups is 3. The molecule has 17 heavy (non-hydrogen) atoms. The number of aromatic carboxylic acids is 2. The maximum atomic E-state index is 10.8. The molecular weight excluding hydrogens is 232 g/mol. The van der Waals surface area contributed by atoms with Crippen LogP contribution in [0.15, 0.2) is 18.2 Å². The van der Waals surface area contributed by atoms with Crippen LogP contribution >= 0.6 is 0 Å². The summed E-state index contributed by atoms with van der Waals surface area (Å²) >= 11 is 0. The van der Waals surface area contributed by atoms with E-state index in [1.165, 1.54) is 6.07 Å². The molecule has 1 aromatic carbocycles. The van der Waals surface area contributed by atoms with E-state index >= 15 is 0 Å². The van der Waals surface area contributed by atoms with Crippen LogP contribution < -0.4 is 4.74 Å². The maximum Gasteiger partial charge on any atom is 0.341 e. The Hall–Kier alpha value is -2.57. The third-order valence-electron chi connectivity index (χ3n) is 1.81. The summed E-state index contributed by atoms with van der Waals surface area (Å²) in [5, 5.41) is 25.9. The number of hydrogen-bond acceptors (Lipinski definition) is 4. The summed E-state index contributed by atoms with van der Waals surface area (Å²) in [5.74, 6) is -4.05. The lowest BCUT2D eigenvalue weighted by atomic mass is 10.1. The van der Waals surface area contributed by atoms with Gasteiger partial charge in [-0.1, -0.05) is 0 Å². The lowest BCUT2D eigenvalue weighted by Crippen LogP contribution is -2.12. The van der Waals surface area contributed by atoms with Gasteiger partial charge in [-0.2, -0.15) is 0 Å². The van der Waals surface area contributed by atoms with Crippen molar-refractivity contribution in [1.29, 1.82) is 0 Å². The normalized spacial score (nSPS) is 9.65. The largest absolute Gasteiger partial charge is 0.482 e. The first-order valence-electron chi connectivity index (χ1n) is 4.37. The minimum atomic E-state index is -1.43. The molecule has 1 aromatic rings. The molecule has 0 heterocycles. The zero-order valence-corrected chi connectivity index (χ0v) is 8.41. The molecule has 0 aliphatic heterocycles. The average Bonchev–Trinajstić information content (AvgIpc) is 2.25. The van der Waals surface area contributed by atoms with Crippen LogP contribution in [0.4, 0.5) is 0 Å². The Morgan fingerprint density at radius 2 is 1.59 bits per heavy atom. The summed E-state index contributed by atoms with van der Waals surface area (Å²) in [6, 6.07) is 3.20. The lowest BCUT2D eigenvalue weighted by Gasteiger charge is -2.06. The summed E-state index contributed by atoms with van der Waals surface area (Å²) in [6.45, 7) is -0.633. The predicted octanol–water partition coefficient (Wildman–Crippen LogP) is 0.546. The first-order chi connectivity index (χ1) is 7.91. The van der Waals surface area contributed by atoms with Crippen LogP contribution in [0.5, 0.6) is 5.75 Å². The van der Waals surface area contributed by atoms with Gasteiger partial charge in [-0.25, -0.2) is 14.4 Å². The Morgan fingerprint density at radius 3 is 2.06 bits per heavy atom. The number of hydrogen-bond donors (Lipinski definition) is 3. The van der Waals surface area contributed by atoms with Crippen LogP contribution in [0.2, 0.25) is 0 Å². The first-order valence-corrected chi connectivity index (χ1v) is 4.37. The Morgan fingerprint density at radius 1 is 1.00 bits per heavy atom. The highest BCUT2D eigenvalue weighted by molar-refractivity contribution is 6.02. The summed E-state index contributed by atoms with van der Waals surface area (Å²) in [5.41, 5.74) is -0.847. The Kier molecular flexibility index (Phi) is 3.66. The van der Waals surface area contributed by atoms with Crippen molar-refractivity contribution in [3.05, 3.63) is 29.3 Å². The van der Waals surface area contributed by atoms with E-state index in [4.69, 9.17) is 20.1 Å². The van der Waals surface area contributed by atoms with E-state index in [9.17, 15) is 14.4 Å². The zero-order chi connectivity index (χ0) is 13.0. The standard InChI is InChI=1S/C10H8O7/c11-8(12)4-17-5-1-2-6(9(13)14)7(3-5)10(15)16/h1-3H,4H2,(H,11,12)(H,13,14)(H,15,16). The molecular formula is C10H8O7. The molecule has 0 unspecified atom stereocenters. The molecule has 0 fully saturated rings. The maximum absolute atomic E-state index is 10.8. The molecule has 0 aliphatic rings. The highest BCUT2D eigenvalue weighted by Gasteiger charge is 2.16. The van der Waals surface area contributed by atoms with Gasteiger partial charge in [0.2, 0.25) is 0 Å². The van der Waals surface area contributed by atoms with Gasteiger partial charge in [-0.05, 0) is 18.2 Å². The number of aliphatic carboxylic acids is 1. The van der Waals surface area contributed by atoms with Crippen molar-refractivity contribution in [3.63, 3.8) is 0 Å². The lowest BCUT2D eigenvalue weighted by molar-refractivity contribution is -0.139. The third kappa shape index (κ3) is 3.20. The van der Waals surface area contributed by atoms with Gasteiger partial charge in [0.25, 0.3) is 0 Å². The molecule has 0 amide bonds. The molecule has 0 spiro atoms. The number of rotatable bonds is 5. The van der Waals surface area contributed by atoms with Crippen LogP contribution in [0.1, 0.15) is 20.7 Å². The Balaban J connectivity index is 3.05. The highest BCUT2D eigenvalue weighted by atomic mass is 16.5. The van der Waals surface area contributed by atoms with Gasteiger partial charge < -0.3 is 20.1 Å². The molecule has 0 aromatic heterocycles. The minimum Gasteiger partial charge on any atom is -0.482 e. The summed E-state index contributed by atoms with van der Waals surface area (Å²) in [6.07, 6.45) is 0. The number of carboxylic acid groups (broad SMARTS) is 3. The van der Waals surface area contributed by atoms with E-state index < -0.39 is 30.1 Å². The van der Waals surface area contributed by atoms with Crippen LogP contribution in [0.25, 0.3) is 0 Å². The van der Waals surface area contributed by atoms with E-state index in [0.29, 0.717) is 0 Å². The van der Waals surface area contributed by atoms with Crippen molar-refractivity contribution >= 4 is 17.9 Å². The van der Waals surface area contributed by atoms with Crippen molar-refractivity contribution < 1.29 is 34.4 Å². The molecule has 7 nitrogen and oxygen atoms in total. The van der Waals surface area contributed by atoms with Crippen LogP contribution in [0.3, 0.4) is 0 Å². The van der Waals surface area contributed by atoms with Crippen molar-refractivity contribution in [3.8, 4) is 5.75 Å². The molecule has 7 heteroatoms.